The number of hydrogen-bond acceptors (Lipinski definition) is 6. The summed E-state index contributed by atoms with van der Waals surface area (Å²) in [7, 11) is 1.62. The largest absolute Gasteiger partial charge is 0.444 e. The van der Waals surface area contributed by atoms with E-state index in [9.17, 15) is 9.59 Å². The molecule has 0 spiro atoms. The highest BCUT2D eigenvalue weighted by molar-refractivity contribution is 6.74. The van der Waals surface area contributed by atoms with E-state index >= 15 is 0 Å². The van der Waals surface area contributed by atoms with Gasteiger partial charge in [0.05, 0.1) is 35.4 Å². The summed E-state index contributed by atoms with van der Waals surface area (Å²) in [6.45, 7) is 18.2. The standard InChI is InChI=1S/C36H50N6O4Si/c1-35(2,3)45-34(44)41-21-29(30(22-41)46-47(9,10)36(4,5)6)40(8)33(43)25-15-16-27-26(18-25)38-32(39(27)7)28-19-24-12-11-17-37-31(24)42(28)20-23-13-14-23/h11-12,15-19,23,29-30H,13-14,20-22H2,1-10H3/t29-,30+/m0/s1. The summed E-state index contributed by atoms with van der Waals surface area (Å²) in [6.07, 6.45) is 3.61. The van der Waals surface area contributed by atoms with Gasteiger partial charge in [0.25, 0.3) is 5.91 Å². The van der Waals surface area contributed by atoms with E-state index in [0.29, 0.717) is 24.6 Å². The molecule has 2 fully saturated rings. The van der Waals surface area contributed by atoms with Gasteiger partial charge in [0.1, 0.15) is 11.2 Å². The number of ether oxygens (including phenoxy) is 1. The highest BCUT2D eigenvalue weighted by Gasteiger charge is 2.47. The lowest BCUT2D eigenvalue weighted by Gasteiger charge is -2.40. The van der Waals surface area contributed by atoms with Crippen LogP contribution in [0.15, 0.2) is 42.6 Å². The molecular formula is C36H50N6O4Si. The Hall–Kier alpha value is -3.70. The molecule has 1 saturated carbocycles. The molecule has 6 rings (SSSR count). The SMILES string of the molecule is CN(C(=O)c1ccc2c(c1)nc(-c1cc3cccnc3n1CC1CC1)n2C)[C@H]1CN(C(=O)OC(C)(C)C)C[C@H]1O[Si](C)(C)C(C)(C)C. The van der Waals surface area contributed by atoms with Crippen molar-refractivity contribution < 1.29 is 18.8 Å². The van der Waals surface area contributed by atoms with Crippen LogP contribution in [0.5, 0.6) is 0 Å². The van der Waals surface area contributed by atoms with E-state index in [2.05, 4.69) is 55.1 Å². The number of likely N-dealkylation sites (N-methyl/N-ethyl adjacent to an activating group) is 1. The minimum Gasteiger partial charge on any atom is -0.444 e. The minimum absolute atomic E-state index is 0.0262. The monoisotopic (exact) mass is 658 g/mol. The van der Waals surface area contributed by atoms with Gasteiger partial charge in [-0.05, 0) is 94.1 Å². The molecule has 1 aliphatic carbocycles. The van der Waals surface area contributed by atoms with E-state index in [4.69, 9.17) is 19.1 Å². The quantitative estimate of drug-likeness (QED) is 0.197. The fourth-order valence-electron chi connectivity index (χ4n) is 6.21. The average Bonchev–Trinajstić information content (AvgIpc) is 3.46. The molecular weight excluding hydrogens is 609 g/mol. The maximum absolute atomic E-state index is 14.2. The number of rotatable bonds is 7. The number of hydrogen-bond donors (Lipinski definition) is 0. The molecule has 0 N–H and O–H groups in total. The fraction of sp³-hybridized carbons (Fsp3) is 0.556. The van der Waals surface area contributed by atoms with Crippen LogP contribution < -0.4 is 0 Å². The molecule has 1 aromatic carbocycles. The van der Waals surface area contributed by atoms with Crippen molar-refractivity contribution in [1.82, 2.24) is 28.9 Å². The molecule has 2 amide bonds. The first-order valence-corrected chi connectivity index (χ1v) is 19.7. The maximum Gasteiger partial charge on any atom is 0.410 e. The third-order valence-corrected chi connectivity index (χ3v) is 14.6. The van der Waals surface area contributed by atoms with Crippen molar-refractivity contribution in [3.63, 3.8) is 0 Å². The summed E-state index contributed by atoms with van der Waals surface area (Å²) in [6, 6.07) is 11.6. The van der Waals surface area contributed by atoms with Crippen LogP contribution in [0, 0.1) is 5.92 Å². The molecule has 0 bridgehead atoms. The van der Waals surface area contributed by atoms with Gasteiger partial charge in [0.2, 0.25) is 0 Å². The number of likely N-dealkylation sites (tertiary alicyclic amines) is 1. The molecule has 10 nitrogen and oxygen atoms in total. The van der Waals surface area contributed by atoms with Gasteiger partial charge in [-0.3, -0.25) is 4.79 Å². The van der Waals surface area contributed by atoms with E-state index in [1.54, 1.807) is 9.80 Å². The smallest absolute Gasteiger partial charge is 0.410 e. The molecule has 1 aliphatic heterocycles. The first-order valence-electron chi connectivity index (χ1n) is 16.8. The summed E-state index contributed by atoms with van der Waals surface area (Å²) in [4.78, 5) is 40.5. The van der Waals surface area contributed by atoms with E-state index in [-0.39, 0.29) is 29.2 Å². The van der Waals surface area contributed by atoms with Crippen molar-refractivity contribution in [2.45, 2.75) is 96.8 Å². The van der Waals surface area contributed by atoms with E-state index in [1.807, 2.05) is 65.3 Å². The highest BCUT2D eigenvalue weighted by atomic mass is 28.4. The van der Waals surface area contributed by atoms with E-state index < -0.39 is 13.9 Å². The lowest BCUT2D eigenvalue weighted by atomic mass is 10.1. The normalized spacial score (nSPS) is 19.1. The van der Waals surface area contributed by atoms with Gasteiger partial charge in [-0.15, -0.1) is 0 Å². The zero-order chi connectivity index (χ0) is 34.1. The number of aryl methyl sites for hydroxylation is 1. The Morgan fingerprint density at radius 2 is 1.77 bits per heavy atom. The fourth-order valence-corrected chi connectivity index (χ4v) is 7.55. The van der Waals surface area contributed by atoms with Crippen LogP contribution in [-0.2, 0) is 22.8 Å². The molecule has 4 heterocycles. The van der Waals surface area contributed by atoms with Crippen molar-refractivity contribution in [2.24, 2.45) is 13.0 Å². The molecule has 0 unspecified atom stereocenters. The molecule has 0 radical (unpaired) electrons. The van der Waals surface area contributed by atoms with Gasteiger partial charge < -0.3 is 28.1 Å². The van der Waals surface area contributed by atoms with Gasteiger partial charge >= 0.3 is 6.09 Å². The lowest BCUT2D eigenvalue weighted by Crippen LogP contribution is -2.51. The second kappa shape index (κ2) is 11.8. The van der Waals surface area contributed by atoms with E-state index in [1.165, 1.54) is 12.8 Å². The molecule has 4 aromatic rings. The Morgan fingerprint density at radius 1 is 1.04 bits per heavy atom. The Balaban J connectivity index is 1.30. The number of carbonyl (C=O) groups is 2. The summed E-state index contributed by atoms with van der Waals surface area (Å²) in [5, 5.41) is 1.07. The molecule has 3 aromatic heterocycles. The summed E-state index contributed by atoms with van der Waals surface area (Å²) in [5.41, 5.74) is 3.65. The van der Waals surface area contributed by atoms with Crippen LogP contribution in [0.4, 0.5) is 4.79 Å². The predicted octanol–water partition coefficient (Wildman–Crippen LogP) is 7.08. The van der Waals surface area contributed by atoms with Crippen molar-refractivity contribution in [2.75, 3.05) is 20.1 Å². The Kier molecular flexibility index (Phi) is 8.31. The molecule has 2 aliphatic rings. The molecule has 47 heavy (non-hydrogen) atoms. The van der Waals surface area contributed by atoms with Gasteiger partial charge in [-0.25, -0.2) is 14.8 Å². The number of nitrogens with zero attached hydrogens (tertiary/aromatic N) is 6. The zero-order valence-electron chi connectivity index (χ0n) is 29.6. The van der Waals surface area contributed by atoms with Crippen LogP contribution in [0.3, 0.4) is 0 Å². The lowest BCUT2D eigenvalue weighted by molar-refractivity contribution is 0.0270. The molecule has 252 valence electrons. The maximum atomic E-state index is 14.2. The Labute approximate surface area is 279 Å². The van der Waals surface area contributed by atoms with Gasteiger partial charge in [0, 0.05) is 44.3 Å². The second-order valence-corrected chi connectivity index (χ2v) is 20.7. The summed E-state index contributed by atoms with van der Waals surface area (Å²) in [5.74, 6) is 1.39. The zero-order valence-corrected chi connectivity index (χ0v) is 30.6. The number of carbonyl (C=O) groups excluding carboxylic acids is 2. The second-order valence-electron chi connectivity index (χ2n) is 16.0. The third kappa shape index (κ3) is 6.56. The third-order valence-electron chi connectivity index (χ3n) is 10.1. The number of amides is 2. The minimum atomic E-state index is -2.21. The molecule has 1 saturated heterocycles. The average molecular weight is 659 g/mol. The number of fused-ring (bicyclic) bond motifs is 2. The van der Waals surface area contributed by atoms with Crippen molar-refractivity contribution >= 4 is 42.4 Å². The Bertz CT molecular complexity index is 1830. The number of aromatic nitrogens is 4. The summed E-state index contributed by atoms with van der Waals surface area (Å²) < 4.78 is 17.0. The van der Waals surface area contributed by atoms with E-state index in [0.717, 1.165) is 40.1 Å². The molecule has 2 atom stereocenters. The number of benzene rings is 1. The van der Waals surface area contributed by atoms with Crippen molar-refractivity contribution in [3.8, 4) is 11.5 Å². The van der Waals surface area contributed by atoms with Crippen molar-refractivity contribution in [1.29, 1.82) is 0 Å². The van der Waals surface area contributed by atoms with Crippen LogP contribution in [0.2, 0.25) is 18.1 Å². The first kappa shape index (κ1) is 33.2. The van der Waals surface area contributed by atoms with Gasteiger partial charge in [-0.2, -0.15) is 0 Å². The highest BCUT2D eigenvalue weighted by Crippen LogP contribution is 2.39. The molecule has 11 heteroatoms. The number of imidazole rings is 1. The van der Waals surface area contributed by atoms with Crippen LogP contribution >= 0.6 is 0 Å². The van der Waals surface area contributed by atoms with Gasteiger partial charge in [-0.1, -0.05) is 20.8 Å². The van der Waals surface area contributed by atoms with Crippen molar-refractivity contribution in [3.05, 3.63) is 48.2 Å². The first-order chi connectivity index (χ1) is 21.9. The number of pyridine rings is 1. The predicted molar refractivity (Wildman–Crippen MR) is 188 cm³/mol. The van der Waals surface area contributed by atoms with Crippen LogP contribution in [0.1, 0.15) is 64.7 Å². The summed E-state index contributed by atoms with van der Waals surface area (Å²) >= 11 is 0. The topological polar surface area (TPSA) is 94.7 Å². The van der Waals surface area contributed by atoms with Gasteiger partial charge in [0.15, 0.2) is 14.1 Å². The Morgan fingerprint density at radius 3 is 2.43 bits per heavy atom. The van der Waals surface area contributed by atoms with Crippen LogP contribution in [0.25, 0.3) is 33.6 Å². The van der Waals surface area contributed by atoms with Crippen LogP contribution in [-0.4, -0.2) is 87.1 Å².